The summed E-state index contributed by atoms with van der Waals surface area (Å²) in [6.45, 7) is 2.86. The lowest BCUT2D eigenvalue weighted by atomic mass is 10.1. The average Bonchev–Trinajstić information content (AvgIpc) is 2.92. The second kappa shape index (κ2) is 7.81. The lowest BCUT2D eigenvalue weighted by molar-refractivity contribution is -0.145. The van der Waals surface area contributed by atoms with Crippen LogP contribution in [0.5, 0.6) is 0 Å². The van der Waals surface area contributed by atoms with E-state index in [0.717, 1.165) is 11.1 Å². The first-order valence-corrected chi connectivity index (χ1v) is 9.94. The van der Waals surface area contributed by atoms with Crippen LogP contribution in [0.15, 0.2) is 52.4 Å². The molecule has 1 aliphatic heterocycles. The summed E-state index contributed by atoms with van der Waals surface area (Å²) in [5, 5.41) is 2.71. The molecule has 0 aromatic heterocycles. The normalized spacial score (nSPS) is 15.6. The van der Waals surface area contributed by atoms with E-state index in [-0.39, 0.29) is 10.7 Å². The number of rotatable bonds is 5. The summed E-state index contributed by atoms with van der Waals surface area (Å²) in [6.07, 6.45) is 0. The van der Waals surface area contributed by atoms with Gasteiger partial charge in [0, 0.05) is 11.3 Å². The zero-order valence-corrected chi connectivity index (χ0v) is 16.2. The minimum absolute atomic E-state index is 0.0764. The number of hydrogen-bond acceptors (Lipinski definition) is 6. The number of amidine groups is 1. The molecule has 0 aliphatic carbocycles. The van der Waals surface area contributed by atoms with E-state index in [9.17, 15) is 18.0 Å². The third kappa shape index (κ3) is 4.20. The van der Waals surface area contributed by atoms with Gasteiger partial charge in [0.05, 0.1) is 4.90 Å². The first kappa shape index (κ1) is 19.6. The lowest BCUT2D eigenvalue weighted by Gasteiger charge is -2.11. The summed E-state index contributed by atoms with van der Waals surface area (Å²) >= 11 is 0. The van der Waals surface area contributed by atoms with Crippen LogP contribution in [-0.2, 0) is 24.3 Å². The van der Waals surface area contributed by atoms with E-state index in [1.807, 2.05) is 32.0 Å². The van der Waals surface area contributed by atoms with Gasteiger partial charge in [-0.05, 0) is 37.1 Å². The molecular formula is C19H19N3O5S. The molecule has 28 heavy (non-hydrogen) atoms. The van der Waals surface area contributed by atoms with Crippen molar-refractivity contribution in [3.05, 3.63) is 59.2 Å². The van der Waals surface area contributed by atoms with Crippen molar-refractivity contribution in [3.8, 4) is 0 Å². The standard InChI is InChI=1S/C19H19N3O5S/c1-12-6-5-7-13(2)18(12)21-16(23)11-27-17(24)10-20-19-14-8-3-4-9-15(14)28(25,26)22-19/h3-9H,10-11H2,1-2H3,(H,20,22)(H,21,23). The number of amides is 1. The van der Waals surface area contributed by atoms with Crippen molar-refractivity contribution in [2.24, 2.45) is 4.99 Å². The minimum atomic E-state index is -3.67. The quantitative estimate of drug-likeness (QED) is 0.738. The zero-order chi connectivity index (χ0) is 20.3. The number of para-hydroxylation sites is 1. The van der Waals surface area contributed by atoms with Crippen LogP contribution in [0, 0.1) is 13.8 Å². The molecule has 0 radical (unpaired) electrons. The molecule has 0 atom stereocenters. The largest absolute Gasteiger partial charge is 0.454 e. The number of anilines is 1. The Morgan fingerprint density at radius 3 is 2.46 bits per heavy atom. The summed E-state index contributed by atoms with van der Waals surface area (Å²) in [5.74, 6) is -1.13. The van der Waals surface area contributed by atoms with Gasteiger partial charge in [-0.1, -0.05) is 30.3 Å². The maximum Gasteiger partial charge on any atom is 0.328 e. The van der Waals surface area contributed by atoms with Gasteiger partial charge in [-0.2, -0.15) is 0 Å². The lowest BCUT2D eigenvalue weighted by Crippen LogP contribution is -2.25. The molecule has 146 valence electrons. The molecule has 0 fully saturated rings. The Kier molecular flexibility index (Phi) is 5.46. The van der Waals surface area contributed by atoms with Gasteiger partial charge in [-0.25, -0.2) is 8.42 Å². The fourth-order valence-corrected chi connectivity index (χ4v) is 4.02. The number of nitrogens with one attached hydrogen (secondary N) is 2. The minimum Gasteiger partial charge on any atom is -0.454 e. The number of aryl methyl sites for hydroxylation is 2. The van der Waals surface area contributed by atoms with Crippen LogP contribution in [0.4, 0.5) is 5.69 Å². The third-order valence-electron chi connectivity index (χ3n) is 4.14. The first-order chi connectivity index (χ1) is 13.3. The Bertz CT molecular complexity index is 1060. The predicted octanol–water partition coefficient (Wildman–Crippen LogP) is 1.52. The maximum absolute atomic E-state index is 12.0. The average molecular weight is 401 g/mol. The van der Waals surface area contributed by atoms with Gasteiger partial charge >= 0.3 is 5.97 Å². The molecule has 1 heterocycles. The molecule has 8 nitrogen and oxygen atoms in total. The Hall–Kier alpha value is -3.20. The molecule has 2 N–H and O–H groups in total. The molecule has 2 aromatic rings. The van der Waals surface area contributed by atoms with Gasteiger partial charge < -0.3 is 10.1 Å². The number of hydrogen-bond donors (Lipinski definition) is 2. The van der Waals surface area contributed by atoms with E-state index in [4.69, 9.17) is 4.74 Å². The topological polar surface area (TPSA) is 114 Å². The predicted molar refractivity (Wildman–Crippen MR) is 104 cm³/mol. The summed E-state index contributed by atoms with van der Waals surface area (Å²) in [7, 11) is -3.67. The summed E-state index contributed by atoms with van der Waals surface area (Å²) in [4.78, 5) is 28.0. The van der Waals surface area contributed by atoms with Crippen LogP contribution in [-0.4, -0.2) is 39.3 Å². The smallest absolute Gasteiger partial charge is 0.328 e. The van der Waals surface area contributed by atoms with E-state index < -0.39 is 35.1 Å². The molecule has 1 amide bonds. The number of sulfonamides is 1. The molecule has 0 bridgehead atoms. The number of fused-ring (bicyclic) bond motifs is 1. The number of ether oxygens (including phenoxy) is 1. The number of carbonyl (C=O) groups excluding carboxylic acids is 2. The highest BCUT2D eigenvalue weighted by Gasteiger charge is 2.30. The van der Waals surface area contributed by atoms with Crippen molar-refractivity contribution < 1.29 is 22.7 Å². The molecule has 0 saturated carbocycles. The van der Waals surface area contributed by atoms with E-state index >= 15 is 0 Å². The van der Waals surface area contributed by atoms with Crippen LogP contribution in [0.25, 0.3) is 0 Å². The maximum atomic E-state index is 12.0. The van der Waals surface area contributed by atoms with Crippen LogP contribution >= 0.6 is 0 Å². The van der Waals surface area contributed by atoms with Crippen molar-refractivity contribution >= 4 is 33.4 Å². The van der Waals surface area contributed by atoms with Crippen molar-refractivity contribution in [1.29, 1.82) is 0 Å². The summed E-state index contributed by atoms with van der Waals surface area (Å²) in [5.41, 5.74) is 2.88. The third-order valence-corrected chi connectivity index (χ3v) is 5.54. The Morgan fingerprint density at radius 2 is 1.75 bits per heavy atom. The van der Waals surface area contributed by atoms with Crippen LogP contribution in [0.1, 0.15) is 16.7 Å². The summed E-state index contributed by atoms with van der Waals surface area (Å²) < 4.78 is 31.2. The number of nitrogens with zero attached hydrogens (tertiary/aromatic N) is 1. The highest BCUT2D eigenvalue weighted by Crippen LogP contribution is 2.22. The monoisotopic (exact) mass is 401 g/mol. The van der Waals surface area contributed by atoms with Gasteiger partial charge in [-0.15, -0.1) is 0 Å². The second-order valence-electron chi connectivity index (χ2n) is 6.24. The Morgan fingerprint density at radius 1 is 1.07 bits per heavy atom. The fourth-order valence-electron chi connectivity index (χ4n) is 2.77. The van der Waals surface area contributed by atoms with Crippen molar-refractivity contribution in [2.45, 2.75) is 18.7 Å². The van der Waals surface area contributed by atoms with Crippen LogP contribution < -0.4 is 10.0 Å². The Labute approximate surface area is 162 Å². The fraction of sp³-hybridized carbons (Fsp3) is 0.211. The molecule has 1 aliphatic rings. The van der Waals surface area contributed by atoms with Crippen molar-refractivity contribution in [3.63, 3.8) is 0 Å². The molecule has 0 unspecified atom stereocenters. The second-order valence-corrected chi connectivity index (χ2v) is 7.89. The van der Waals surface area contributed by atoms with Gasteiger partial charge in [0.15, 0.2) is 6.61 Å². The number of carbonyl (C=O) groups is 2. The van der Waals surface area contributed by atoms with Crippen LogP contribution in [0.2, 0.25) is 0 Å². The zero-order valence-electron chi connectivity index (χ0n) is 15.4. The SMILES string of the molecule is Cc1cccc(C)c1NC(=O)COC(=O)CN=C1NS(=O)(=O)c2ccccc21. The van der Waals surface area contributed by atoms with Gasteiger partial charge in [0.1, 0.15) is 12.4 Å². The highest BCUT2D eigenvalue weighted by atomic mass is 32.2. The van der Waals surface area contributed by atoms with Gasteiger partial charge in [0.2, 0.25) is 0 Å². The van der Waals surface area contributed by atoms with Crippen molar-refractivity contribution in [2.75, 3.05) is 18.5 Å². The van der Waals surface area contributed by atoms with E-state index in [1.54, 1.807) is 18.2 Å². The Balaban J connectivity index is 1.57. The van der Waals surface area contributed by atoms with Gasteiger partial charge in [0.25, 0.3) is 15.9 Å². The van der Waals surface area contributed by atoms with E-state index in [2.05, 4.69) is 15.0 Å². The van der Waals surface area contributed by atoms with Crippen LogP contribution in [0.3, 0.4) is 0 Å². The molecule has 2 aromatic carbocycles. The molecular weight excluding hydrogens is 382 g/mol. The molecule has 9 heteroatoms. The van der Waals surface area contributed by atoms with Crippen molar-refractivity contribution in [1.82, 2.24) is 4.72 Å². The molecule has 0 spiro atoms. The molecule has 0 saturated heterocycles. The van der Waals surface area contributed by atoms with E-state index in [0.29, 0.717) is 11.3 Å². The number of esters is 1. The number of aliphatic imine (C=N–C) groups is 1. The van der Waals surface area contributed by atoms with Gasteiger partial charge in [-0.3, -0.25) is 19.3 Å². The first-order valence-electron chi connectivity index (χ1n) is 8.46. The summed E-state index contributed by atoms with van der Waals surface area (Å²) in [6, 6.07) is 11.9. The molecule has 3 rings (SSSR count). The number of benzene rings is 2. The van der Waals surface area contributed by atoms with E-state index in [1.165, 1.54) is 6.07 Å². The highest BCUT2D eigenvalue weighted by molar-refractivity contribution is 7.90.